The molecule has 1 aromatic heterocycles. The predicted octanol–water partition coefficient (Wildman–Crippen LogP) is 3.60. The zero-order valence-electron chi connectivity index (χ0n) is 12.2. The topological polar surface area (TPSA) is 62.2 Å². The van der Waals surface area contributed by atoms with Crippen molar-refractivity contribution in [1.82, 2.24) is 4.98 Å². The van der Waals surface area contributed by atoms with Gasteiger partial charge in [0.25, 0.3) is 0 Å². The number of para-hydroxylation sites is 1. The van der Waals surface area contributed by atoms with Gasteiger partial charge in [-0.25, -0.2) is 0 Å². The highest BCUT2D eigenvalue weighted by Crippen LogP contribution is 2.30. The highest BCUT2D eigenvalue weighted by molar-refractivity contribution is 5.91. The second-order valence-corrected chi connectivity index (χ2v) is 5.81. The van der Waals surface area contributed by atoms with Crippen molar-refractivity contribution in [2.75, 3.05) is 5.32 Å². The van der Waals surface area contributed by atoms with Crippen molar-refractivity contribution in [3.05, 3.63) is 36.0 Å². The molecule has 2 unspecified atom stereocenters. The van der Waals surface area contributed by atoms with E-state index in [4.69, 9.17) is 0 Å². The van der Waals surface area contributed by atoms with E-state index in [2.05, 4.69) is 10.3 Å². The molecular formula is C17H20N2O2. The Balaban J connectivity index is 1.95. The van der Waals surface area contributed by atoms with Crippen LogP contribution in [0.5, 0.6) is 0 Å². The molecule has 4 heteroatoms. The Bertz CT molecular complexity index is 669. The third kappa shape index (κ3) is 2.84. The fourth-order valence-electron chi connectivity index (χ4n) is 3.23. The maximum Gasteiger partial charge on any atom is 0.308 e. The Labute approximate surface area is 124 Å². The molecule has 2 N–H and O–H groups in total. The van der Waals surface area contributed by atoms with E-state index in [0.29, 0.717) is 0 Å². The van der Waals surface area contributed by atoms with Gasteiger partial charge in [0.05, 0.1) is 11.4 Å². The number of rotatable bonds is 3. The van der Waals surface area contributed by atoms with E-state index >= 15 is 0 Å². The summed E-state index contributed by atoms with van der Waals surface area (Å²) in [6.45, 7) is 1.97. The maximum absolute atomic E-state index is 11.4. The summed E-state index contributed by atoms with van der Waals surface area (Å²) in [5, 5.41) is 13.9. The number of carboxylic acid groups (broad SMARTS) is 1. The molecule has 0 radical (unpaired) electrons. The number of nitrogens with one attached hydrogen (secondary N) is 1. The Morgan fingerprint density at radius 2 is 2.05 bits per heavy atom. The summed E-state index contributed by atoms with van der Waals surface area (Å²) in [5.74, 6) is -0.992. The summed E-state index contributed by atoms with van der Waals surface area (Å²) in [7, 11) is 0. The van der Waals surface area contributed by atoms with Gasteiger partial charge >= 0.3 is 5.97 Å². The largest absolute Gasteiger partial charge is 0.481 e. The van der Waals surface area contributed by atoms with Gasteiger partial charge in [-0.3, -0.25) is 9.78 Å². The first-order chi connectivity index (χ1) is 10.1. The lowest BCUT2D eigenvalue weighted by atomic mass is 9.84. The van der Waals surface area contributed by atoms with Crippen LogP contribution in [0.1, 0.15) is 31.4 Å². The minimum Gasteiger partial charge on any atom is -0.481 e. The molecule has 0 spiro atoms. The number of aryl methyl sites for hydroxylation is 1. The third-order valence-electron chi connectivity index (χ3n) is 4.27. The molecule has 0 bridgehead atoms. The summed E-state index contributed by atoms with van der Waals surface area (Å²) in [6.07, 6.45) is 3.76. The Morgan fingerprint density at radius 3 is 2.86 bits per heavy atom. The smallest absolute Gasteiger partial charge is 0.308 e. The van der Waals surface area contributed by atoms with Crippen LogP contribution in [-0.4, -0.2) is 22.1 Å². The number of anilines is 1. The quantitative estimate of drug-likeness (QED) is 0.904. The molecule has 1 aliphatic rings. The summed E-state index contributed by atoms with van der Waals surface area (Å²) >= 11 is 0. The Hall–Kier alpha value is -2.10. The molecule has 1 heterocycles. The molecule has 1 fully saturated rings. The molecule has 2 aromatic rings. The first-order valence-electron chi connectivity index (χ1n) is 7.51. The zero-order valence-corrected chi connectivity index (χ0v) is 12.2. The van der Waals surface area contributed by atoms with Crippen molar-refractivity contribution in [3.8, 4) is 0 Å². The minimum absolute atomic E-state index is 0.00135. The van der Waals surface area contributed by atoms with Crippen molar-refractivity contribution >= 4 is 22.6 Å². The van der Waals surface area contributed by atoms with Crippen LogP contribution in [0.3, 0.4) is 0 Å². The highest BCUT2D eigenvalue weighted by Gasteiger charge is 2.30. The average Bonchev–Trinajstić information content (AvgIpc) is 2.47. The van der Waals surface area contributed by atoms with E-state index in [-0.39, 0.29) is 12.0 Å². The van der Waals surface area contributed by atoms with Gasteiger partial charge in [0, 0.05) is 22.8 Å². The number of nitrogens with zero attached hydrogens (tertiary/aromatic N) is 1. The molecular weight excluding hydrogens is 264 g/mol. The molecule has 21 heavy (non-hydrogen) atoms. The van der Waals surface area contributed by atoms with Crippen LogP contribution >= 0.6 is 0 Å². The van der Waals surface area contributed by atoms with Crippen molar-refractivity contribution in [1.29, 1.82) is 0 Å². The van der Waals surface area contributed by atoms with Crippen LogP contribution in [-0.2, 0) is 4.79 Å². The third-order valence-corrected chi connectivity index (χ3v) is 4.27. The van der Waals surface area contributed by atoms with Gasteiger partial charge in [-0.1, -0.05) is 31.0 Å². The fourth-order valence-corrected chi connectivity index (χ4v) is 3.23. The average molecular weight is 284 g/mol. The van der Waals surface area contributed by atoms with Crippen LogP contribution in [0.25, 0.3) is 10.9 Å². The van der Waals surface area contributed by atoms with Crippen LogP contribution in [0, 0.1) is 12.8 Å². The van der Waals surface area contributed by atoms with Gasteiger partial charge in [-0.05, 0) is 31.9 Å². The van der Waals surface area contributed by atoms with E-state index in [0.717, 1.165) is 48.0 Å². The van der Waals surface area contributed by atoms with E-state index < -0.39 is 5.97 Å². The van der Waals surface area contributed by atoms with Gasteiger partial charge in [0.15, 0.2) is 0 Å². The van der Waals surface area contributed by atoms with Gasteiger partial charge in [0.2, 0.25) is 0 Å². The number of hydrogen-bond acceptors (Lipinski definition) is 3. The molecule has 2 atom stereocenters. The monoisotopic (exact) mass is 284 g/mol. The van der Waals surface area contributed by atoms with E-state index in [1.165, 1.54) is 0 Å². The molecule has 1 aliphatic carbocycles. The first-order valence-corrected chi connectivity index (χ1v) is 7.51. The molecule has 1 saturated carbocycles. The van der Waals surface area contributed by atoms with Crippen LogP contribution in [0.4, 0.5) is 5.69 Å². The van der Waals surface area contributed by atoms with Crippen molar-refractivity contribution in [2.24, 2.45) is 5.92 Å². The standard InChI is InChI=1S/C17H20N2O2/c1-11-10-16(12-6-2-4-8-14(12)18-11)19-15-9-5-3-7-13(15)17(20)21/h2,4,6,8,10,13,15H,3,5,7,9H2,1H3,(H,18,19)(H,20,21). The Kier molecular flexibility index (Phi) is 3.78. The van der Waals surface area contributed by atoms with Crippen LogP contribution < -0.4 is 5.32 Å². The number of aliphatic carboxylic acids is 1. The number of pyridine rings is 1. The van der Waals surface area contributed by atoms with Crippen LogP contribution in [0.15, 0.2) is 30.3 Å². The number of aromatic nitrogens is 1. The molecule has 4 nitrogen and oxygen atoms in total. The number of hydrogen-bond donors (Lipinski definition) is 2. The number of carboxylic acids is 1. The fraction of sp³-hybridized carbons (Fsp3) is 0.412. The van der Waals surface area contributed by atoms with Gasteiger partial charge in [-0.2, -0.15) is 0 Å². The number of benzene rings is 1. The molecule has 110 valence electrons. The highest BCUT2D eigenvalue weighted by atomic mass is 16.4. The van der Waals surface area contributed by atoms with Gasteiger partial charge in [-0.15, -0.1) is 0 Å². The number of carbonyl (C=O) groups is 1. The maximum atomic E-state index is 11.4. The second-order valence-electron chi connectivity index (χ2n) is 5.81. The Morgan fingerprint density at radius 1 is 1.29 bits per heavy atom. The summed E-state index contributed by atoms with van der Waals surface area (Å²) in [6, 6.07) is 9.99. The van der Waals surface area contributed by atoms with E-state index in [1.807, 2.05) is 37.3 Å². The van der Waals surface area contributed by atoms with Gasteiger partial charge < -0.3 is 10.4 Å². The van der Waals surface area contributed by atoms with Crippen molar-refractivity contribution in [2.45, 2.75) is 38.6 Å². The van der Waals surface area contributed by atoms with Gasteiger partial charge in [0.1, 0.15) is 0 Å². The lowest BCUT2D eigenvalue weighted by Gasteiger charge is -2.30. The molecule has 0 amide bonds. The van der Waals surface area contributed by atoms with Crippen LogP contribution in [0.2, 0.25) is 0 Å². The van der Waals surface area contributed by atoms with E-state index in [1.54, 1.807) is 0 Å². The summed E-state index contributed by atoms with van der Waals surface area (Å²) < 4.78 is 0. The first kappa shape index (κ1) is 13.9. The summed E-state index contributed by atoms with van der Waals surface area (Å²) in [5.41, 5.74) is 2.89. The van der Waals surface area contributed by atoms with E-state index in [9.17, 15) is 9.90 Å². The predicted molar refractivity (Wildman–Crippen MR) is 83.5 cm³/mol. The molecule has 0 aliphatic heterocycles. The molecule has 3 rings (SSSR count). The lowest BCUT2D eigenvalue weighted by Crippen LogP contribution is -2.37. The SMILES string of the molecule is Cc1cc(NC2CCCCC2C(=O)O)c2ccccc2n1. The summed E-state index contributed by atoms with van der Waals surface area (Å²) in [4.78, 5) is 16.0. The van der Waals surface area contributed by atoms with Crippen molar-refractivity contribution < 1.29 is 9.90 Å². The molecule has 0 saturated heterocycles. The normalized spacial score (nSPS) is 22.1. The second kappa shape index (κ2) is 5.72. The lowest BCUT2D eigenvalue weighted by molar-refractivity contribution is -0.143. The van der Waals surface area contributed by atoms with Crippen molar-refractivity contribution in [3.63, 3.8) is 0 Å². The zero-order chi connectivity index (χ0) is 14.8. The minimum atomic E-state index is -0.692. The number of fused-ring (bicyclic) bond motifs is 1. The molecule has 1 aromatic carbocycles.